The van der Waals surface area contributed by atoms with Crippen LogP contribution in [0, 0.1) is 35.0 Å². The Kier molecular flexibility index (Phi) is 9.77. The Morgan fingerprint density at radius 3 is 2.56 bits per heavy atom. The summed E-state index contributed by atoms with van der Waals surface area (Å²) in [6, 6.07) is -0.0227. The first-order valence-corrected chi connectivity index (χ1v) is 17.5. The smallest absolute Gasteiger partial charge is 0.223 e. The van der Waals surface area contributed by atoms with Gasteiger partial charge in [-0.15, -0.1) is 6.58 Å². The van der Waals surface area contributed by atoms with Crippen molar-refractivity contribution in [2.75, 3.05) is 13.7 Å². The zero-order valence-corrected chi connectivity index (χ0v) is 25.6. The predicted octanol–water partition coefficient (Wildman–Crippen LogP) is 7.52. The Labute approximate surface area is 223 Å². The Hall–Kier alpha value is -0.913. The van der Waals surface area contributed by atoms with Crippen molar-refractivity contribution in [1.29, 1.82) is 0 Å². The lowest BCUT2D eigenvalue weighted by molar-refractivity contribution is -0.123. The summed E-state index contributed by atoms with van der Waals surface area (Å²) in [5.74, 6) is 3.66. The summed E-state index contributed by atoms with van der Waals surface area (Å²) in [7, 11) is -0.0205. The average molecular weight is 518 g/mol. The maximum atomic E-state index is 12.6. The van der Waals surface area contributed by atoms with Crippen LogP contribution in [-0.2, 0) is 14.0 Å². The first kappa shape index (κ1) is 29.6. The lowest BCUT2D eigenvalue weighted by Crippen LogP contribution is -2.46. The molecular weight excluding hydrogens is 462 g/mol. The minimum Gasteiger partial charge on any atom is -0.414 e. The van der Waals surface area contributed by atoms with Crippen molar-refractivity contribution in [2.24, 2.45) is 35.0 Å². The van der Waals surface area contributed by atoms with Gasteiger partial charge in [0.1, 0.15) is 0 Å². The van der Waals surface area contributed by atoms with E-state index < -0.39 is 8.32 Å². The molecule has 1 N–H and O–H groups in total. The topological polar surface area (TPSA) is 47.6 Å². The van der Waals surface area contributed by atoms with Crippen molar-refractivity contribution in [3.05, 3.63) is 24.8 Å². The highest BCUT2D eigenvalue weighted by Gasteiger charge is 2.59. The Balaban J connectivity index is 1.42. The van der Waals surface area contributed by atoms with E-state index in [1.165, 1.54) is 25.7 Å². The number of carbonyl (C=O) groups is 1. The number of nitrogens with one attached hydrogen (secondary N) is 1. The molecule has 0 aromatic heterocycles. The van der Waals surface area contributed by atoms with Crippen molar-refractivity contribution in [1.82, 2.24) is 5.32 Å². The number of ether oxygens (including phenoxy) is 1. The Bertz CT molecular complexity index is 787. The molecule has 0 saturated heterocycles. The lowest BCUT2D eigenvalue weighted by Gasteiger charge is -2.37. The molecule has 3 fully saturated rings. The molecule has 36 heavy (non-hydrogen) atoms. The number of hydrogen-bond acceptors (Lipinski definition) is 3. The molecule has 5 heteroatoms. The first-order valence-electron chi connectivity index (χ1n) is 14.6. The SMILES string of the molecule is C=CC[C@@H](CC[C@@]1(C)C[C@@H]1[C@H]1C[C@@H]1CC/C=C\[C@H](CO[Si](C)(C)C(C)(C)C)NC(=O)[C@@H]1C[C@@H]1C)OC. The largest absolute Gasteiger partial charge is 0.414 e. The maximum absolute atomic E-state index is 12.6. The van der Waals surface area contributed by atoms with E-state index in [9.17, 15) is 4.79 Å². The van der Waals surface area contributed by atoms with Gasteiger partial charge in [0.15, 0.2) is 8.32 Å². The third-order valence-electron chi connectivity index (χ3n) is 9.99. The number of methoxy groups -OCH3 is 1. The van der Waals surface area contributed by atoms with E-state index in [0.29, 0.717) is 24.0 Å². The molecule has 0 aromatic carbocycles. The molecule has 3 saturated carbocycles. The fourth-order valence-corrected chi connectivity index (χ4v) is 6.74. The van der Waals surface area contributed by atoms with Crippen molar-refractivity contribution < 1.29 is 14.0 Å². The van der Waals surface area contributed by atoms with Gasteiger partial charge < -0.3 is 14.5 Å². The van der Waals surface area contributed by atoms with Crippen molar-refractivity contribution >= 4 is 14.2 Å². The van der Waals surface area contributed by atoms with Crippen LogP contribution >= 0.6 is 0 Å². The molecule has 206 valence electrons. The number of hydrogen-bond donors (Lipinski definition) is 1. The molecule has 0 unspecified atom stereocenters. The predicted molar refractivity (Wildman–Crippen MR) is 153 cm³/mol. The molecule has 3 aliphatic rings. The molecule has 0 heterocycles. The molecule has 0 bridgehead atoms. The Morgan fingerprint density at radius 1 is 1.28 bits per heavy atom. The van der Waals surface area contributed by atoms with Crippen LogP contribution in [0.3, 0.4) is 0 Å². The van der Waals surface area contributed by atoms with Gasteiger partial charge in [0.05, 0.1) is 18.8 Å². The van der Waals surface area contributed by atoms with Crippen molar-refractivity contribution in [3.63, 3.8) is 0 Å². The average Bonchev–Trinajstić information content (AvgIpc) is 3.71. The highest BCUT2D eigenvalue weighted by molar-refractivity contribution is 6.74. The second-order valence-electron chi connectivity index (χ2n) is 14.1. The van der Waals surface area contributed by atoms with Crippen LogP contribution in [0.2, 0.25) is 18.1 Å². The second-order valence-corrected chi connectivity index (χ2v) is 18.9. The van der Waals surface area contributed by atoms with Gasteiger partial charge in [-0.1, -0.05) is 52.8 Å². The Morgan fingerprint density at radius 2 is 1.97 bits per heavy atom. The molecule has 0 spiro atoms. The van der Waals surface area contributed by atoms with Gasteiger partial charge in [0, 0.05) is 13.0 Å². The summed E-state index contributed by atoms with van der Waals surface area (Å²) in [6.07, 6.45) is 16.4. The van der Waals surface area contributed by atoms with Gasteiger partial charge >= 0.3 is 0 Å². The zero-order valence-electron chi connectivity index (χ0n) is 24.6. The minimum atomic E-state index is -1.85. The normalized spacial score (nSPS) is 33.3. The zero-order chi connectivity index (χ0) is 26.7. The van der Waals surface area contributed by atoms with Crippen LogP contribution in [0.25, 0.3) is 0 Å². The molecular formula is C31H55NO3Si. The second kappa shape index (κ2) is 11.9. The van der Waals surface area contributed by atoms with E-state index in [0.717, 1.165) is 43.4 Å². The van der Waals surface area contributed by atoms with Crippen molar-refractivity contribution in [2.45, 2.75) is 116 Å². The summed E-state index contributed by atoms with van der Waals surface area (Å²) in [4.78, 5) is 12.6. The van der Waals surface area contributed by atoms with Crippen LogP contribution in [0.15, 0.2) is 24.8 Å². The van der Waals surface area contributed by atoms with E-state index in [1.54, 1.807) is 0 Å². The van der Waals surface area contributed by atoms with Gasteiger partial charge in [-0.3, -0.25) is 4.79 Å². The molecule has 3 aliphatic carbocycles. The van der Waals surface area contributed by atoms with Gasteiger partial charge in [-0.05, 0) is 98.6 Å². The van der Waals surface area contributed by atoms with E-state index in [4.69, 9.17) is 9.16 Å². The van der Waals surface area contributed by atoms with Crippen LogP contribution in [0.1, 0.15) is 86.0 Å². The lowest BCUT2D eigenvalue weighted by atomic mass is 9.94. The van der Waals surface area contributed by atoms with Gasteiger partial charge in [-0.25, -0.2) is 0 Å². The van der Waals surface area contributed by atoms with Gasteiger partial charge in [0.25, 0.3) is 0 Å². The fourth-order valence-electron chi connectivity index (χ4n) is 5.71. The quantitative estimate of drug-likeness (QED) is 0.170. The van der Waals surface area contributed by atoms with Gasteiger partial charge in [-0.2, -0.15) is 0 Å². The number of rotatable bonds is 16. The molecule has 3 rings (SSSR count). The highest BCUT2D eigenvalue weighted by atomic mass is 28.4. The minimum absolute atomic E-state index is 0.0227. The molecule has 8 atom stereocenters. The highest BCUT2D eigenvalue weighted by Crippen LogP contribution is 2.67. The van der Waals surface area contributed by atoms with Gasteiger partial charge in [0.2, 0.25) is 5.91 Å². The maximum Gasteiger partial charge on any atom is 0.223 e. The number of carbonyl (C=O) groups excluding carboxylic acids is 1. The summed E-state index contributed by atoms with van der Waals surface area (Å²) in [6.45, 7) is 20.5. The molecule has 0 aromatic rings. The van der Waals surface area contributed by atoms with E-state index >= 15 is 0 Å². The standard InChI is InChI=1S/C31H55NO3Si/c1-10-13-25(34-7)16-17-31(6)20-28(31)27-19-23(27)14-11-12-15-24(32-29(33)26-18-22(26)2)21-35-36(8,9)30(3,4)5/h10,12,15,22-28H,1,11,13-14,16-21H2,2-9H3,(H,32,33)/b15-12-/t22-,23-,24+,25-,26+,27-,28+,31-/m0/s1. The summed E-state index contributed by atoms with van der Waals surface area (Å²) in [5.41, 5.74) is 0.531. The van der Waals surface area contributed by atoms with Crippen LogP contribution in [-0.4, -0.2) is 40.1 Å². The summed E-state index contributed by atoms with van der Waals surface area (Å²) in [5, 5.41) is 3.45. The fraction of sp³-hybridized carbons (Fsp3) is 0.839. The molecule has 0 radical (unpaired) electrons. The molecule has 4 nitrogen and oxygen atoms in total. The molecule has 1 amide bonds. The van der Waals surface area contributed by atoms with E-state index in [-0.39, 0.29) is 22.9 Å². The number of allylic oxidation sites excluding steroid dienone is 1. The van der Waals surface area contributed by atoms with Crippen LogP contribution in [0.4, 0.5) is 0 Å². The first-order chi connectivity index (χ1) is 16.8. The van der Waals surface area contributed by atoms with E-state index in [1.807, 2.05) is 13.2 Å². The third kappa shape index (κ3) is 8.04. The molecule has 0 aliphatic heterocycles. The van der Waals surface area contributed by atoms with Crippen molar-refractivity contribution in [3.8, 4) is 0 Å². The van der Waals surface area contributed by atoms with E-state index in [2.05, 4.69) is 71.8 Å². The number of amides is 1. The monoisotopic (exact) mass is 517 g/mol. The van der Waals surface area contributed by atoms with Crippen LogP contribution in [0.5, 0.6) is 0 Å². The van der Waals surface area contributed by atoms with Crippen LogP contribution < -0.4 is 5.32 Å². The summed E-state index contributed by atoms with van der Waals surface area (Å²) < 4.78 is 12.1. The third-order valence-corrected chi connectivity index (χ3v) is 14.5. The summed E-state index contributed by atoms with van der Waals surface area (Å²) >= 11 is 0.